The molecule has 8 nitrogen and oxygen atoms in total. The molecule has 3 rings (SSSR count). The number of carbonyl (C=O) groups is 1. The van der Waals surface area contributed by atoms with Gasteiger partial charge in [-0.15, -0.1) is 0 Å². The summed E-state index contributed by atoms with van der Waals surface area (Å²) in [6.45, 7) is 1.80. The van der Waals surface area contributed by atoms with E-state index in [2.05, 4.69) is 20.4 Å². The first kappa shape index (κ1) is 20.0. The first-order chi connectivity index (χ1) is 13.5. The zero-order chi connectivity index (χ0) is 20.1. The number of anilines is 1. The fourth-order valence-corrected chi connectivity index (χ4v) is 3.18. The minimum Gasteiger partial charge on any atom is -0.374 e. The lowest BCUT2D eigenvalue weighted by molar-refractivity contribution is -0.116. The average molecular weight is 405 g/mol. The second-order valence-corrected chi connectivity index (χ2v) is 7.04. The monoisotopic (exact) mass is 405 g/mol. The van der Waals surface area contributed by atoms with Crippen LogP contribution in [0.1, 0.15) is 31.2 Å². The van der Waals surface area contributed by atoms with Crippen LogP contribution < -0.4 is 5.32 Å². The van der Waals surface area contributed by atoms with Crippen molar-refractivity contribution in [1.82, 2.24) is 19.7 Å². The zero-order valence-electron chi connectivity index (χ0n) is 15.7. The van der Waals surface area contributed by atoms with Crippen molar-refractivity contribution in [2.24, 2.45) is 7.05 Å². The molecule has 1 amide bonds. The molecule has 10 heteroatoms. The first-order valence-electron chi connectivity index (χ1n) is 8.56. The van der Waals surface area contributed by atoms with Crippen LogP contribution in [-0.2, 0) is 23.0 Å². The molecule has 0 aliphatic rings. The molecule has 0 saturated heterocycles. The van der Waals surface area contributed by atoms with Crippen molar-refractivity contribution in [3.05, 3.63) is 48.1 Å². The number of hydrogen-bond acceptors (Lipinski definition) is 7. The Morgan fingerprint density at radius 2 is 2.29 bits per heavy atom. The Bertz CT molecular complexity index is 958. The van der Waals surface area contributed by atoms with Gasteiger partial charge in [0.1, 0.15) is 11.9 Å². The van der Waals surface area contributed by atoms with Gasteiger partial charge in [-0.25, -0.2) is 9.37 Å². The summed E-state index contributed by atoms with van der Waals surface area (Å²) in [6.07, 6.45) is 3.59. The summed E-state index contributed by atoms with van der Waals surface area (Å²) < 4.78 is 25.8. The molecule has 3 aromatic rings. The lowest BCUT2D eigenvalue weighted by Gasteiger charge is -2.10. The maximum atomic E-state index is 13.7. The Morgan fingerprint density at radius 1 is 1.46 bits per heavy atom. The average Bonchev–Trinajstić information content (AvgIpc) is 3.31. The summed E-state index contributed by atoms with van der Waals surface area (Å²) in [5.41, 5.74) is 0.386. The van der Waals surface area contributed by atoms with E-state index in [0.29, 0.717) is 22.3 Å². The highest BCUT2D eigenvalue weighted by molar-refractivity contribution is 7.99. The number of carbonyl (C=O) groups excluding carboxylic acids is 1. The van der Waals surface area contributed by atoms with Crippen molar-refractivity contribution in [2.45, 2.75) is 35.9 Å². The predicted molar refractivity (Wildman–Crippen MR) is 100 cm³/mol. The van der Waals surface area contributed by atoms with Gasteiger partial charge >= 0.3 is 0 Å². The number of aryl methyl sites for hydroxylation is 2. The molecule has 1 N–H and O–H groups in total. The molecule has 0 spiro atoms. The fourth-order valence-electron chi connectivity index (χ4n) is 2.31. The molecule has 0 unspecified atom stereocenters. The molecule has 0 fully saturated rings. The topological polar surface area (TPSA) is 95.1 Å². The fraction of sp³-hybridized carbons (Fsp3) is 0.333. The summed E-state index contributed by atoms with van der Waals surface area (Å²) in [5, 5.41) is 7.29. The van der Waals surface area contributed by atoms with Crippen molar-refractivity contribution < 1.29 is 18.4 Å². The number of nitrogens with one attached hydrogen (secondary N) is 1. The lowest BCUT2D eigenvalue weighted by atomic mass is 10.2. The van der Waals surface area contributed by atoms with E-state index >= 15 is 0 Å². The third kappa shape index (κ3) is 4.96. The van der Waals surface area contributed by atoms with Gasteiger partial charge in [-0.3, -0.25) is 4.79 Å². The van der Waals surface area contributed by atoms with Crippen molar-refractivity contribution in [2.75, 3.05) is 12.4 Å². The minimum absolute atomic E-state index is 0.117. The number of aromatic nitrogens is 4. The van der Waals surface area contributed by atoms with Crippen molar-refractivity contribution in [3.8, 4) is 0 Å². The summed E-state index contributed by atoms with van der Waals surface area (Å²) in [7, 11) is 3.41. The Labute approximate surface area is 165 Å². The zero-order valence-corrected chi connectivity index (χ0v) is 16.5. The van der Waals surface area contributed by atoms with E-state index in [1.54, 1.807) is 26.3 Å². The van der Waals surface area contributed by atoms with E-state index in [9.17, 15) is 9.18 Å². The SMILES string of the molecule is CO[C@H](C)c1noc(CCC(=O)Nc2cc(F)ccc2Sc2nccn2C)n1. The van der Waals surface area contributed by atoms with Crippen LogP contribution in [0.5, 0.6) is 0 Å². The number of ether oxygens (including phenoxy) is 1. The molecule has 28 heavy (non-hydrogen) atoms. The van der Waals surface area contributed by atoms with Crippen molar-refractivity contribution in [1.29, 1.82) is 0 Å². The number of hydrogen-bond donors (Lipinski definition) is 1. The molecular weight excluding hydrogens is 385 g/mol. The second-order valence-electron chi connectivity index (χ2n) is 6.04. The predicted octanol–water partition coefficient (Wildman–Crippen LogP) is 3.37. The van der Waals surface area contributed by atoms with Gasteiger partial charge in [0.15, 0.2) is 11.0 Å². The van der Waals surface area contributed by atoms with Crippen molar-refractivity contribution >= 4 is 23.4 Å². The molecule has 0 saturated carbocycles. The van der Waals surface area contributed by atoms with Gasteiger partial charge in [0.05, 0.1) is 5.69 Å². The maximum Gasteiger partial charge on any atom is 0.227 e. The third-order valence-corrected chi connectivity index (χ3v) is 5.11. The van der Waals surface area contributed by atoms with Gasteiger partial charge in [0, 0.05) is 44.3 Å². The van der Waals surface area contributed by atoms with Gasteiger partial charge < -0.3 is 19.1 Å². The van der Waals surface area contributed by atoms with Crippen LogP contribution in [0.2, 0.25) is 0 Å². The second kappa shape index (κ2) is 8.98. The van der Waals surface area contributed by atoms with Crippen LogP contribution in [0.25, 0.3) is 0 Å². The Balaban J connectivity index is 1.64. The van der Waals surface area contributed by atoms with Crippen LogP contribution in [0.15, 0.2) is 45.2 Å². The van der Waals surface area contributed by atoms with Crippen LogP contribution in [0, 0.1) is 5.82 Å². The summed E-state index contributed by atoms with van der Waals surface area (Å²) in [4.78, 5) is 21.5. The minimum atomic E-state index is -0.436. The molecule has 0 aliphatic heterocycles. The molecule has 2 aromatic heterocycles. The summed E-state index contributed by atoms with van der Waals surface area (Å²) in [5.74, 6) is 0.0501. The highest BCUT2D eigenvalue weighted by Gasteiger charge is 2.15. The third-order valence-electron chi connectivity index (χ3n) is 3.96. The highest BCUT2D eigenvalue weighted by atomic mass is 32.2. The van der Waals surface area contributed by atoms with Gasteiger partial charge in [-0.2, -0.15) is 4.98 Å². The highest BCUT2D eigenvalue weighted by Crippen LogP contribution is 2.33. The number of rotatable bonds is 8. The maximum absolute atomic E-state index is 13.7. The van der Waals surface area contributed by atoms with Crippen LogP contribution in [-0.4, -0.2) is 32.7 Å². The van der Waals surface area contributed by atoms with E-state index in [1.807, 2.05) is 17.8 Å². The van der Waals surface area contributed by atoms with E-state index in [-0.39, 0.29) is 24.9 Å². The van der Waals surface area contributed by atoms with Crippen molar-refractivity contribution in [3.63, 3.8) is 0 Å². The van der Waals surface area contributed by atoms with E-state index < -0.39 is 5.82 Å². The molecule has 2 heterocycles. The summed E-state index contributed by atoms with van der Waals surface area (Å²) in [6, 6.07) is 4.24. The Kier molecular flexibility index (Phi) is 6.42. The molecule has 1 aromatic carbocycles. The van der Waals surface area contributed by atoms with Gasteiger partial charge in [0.25, 0.3) is 0 Å². The largest absolute Gasteiger partial charge is 0.374 e. The summed E-state index contributed by atoms with van der Waals surface area (Å²) >= 11 is 1.34. The number of benzene rings is 1. The lowest BCUT2D eigenvalue weighted by Crippen LogP contribution is -2.13. The number of methoxy groups -OCH3 is 1. The Hall–Kier alpha value is -2.72. The van der Waals surface area contributed by atoms with E-state index in [1.165, 1.54) is 23.9 Å². The van der Waals surface area contributed by atoms with Crippen LogP contribution >= 0.6 is 11.8 Å². The molecule has 148 valence electrons. The van der Waals surface area contributed by atoms with Gasteiger partial charge in [0.2, 0.25) is 11.8 Å². The molecule has 0 bridgehead atoms. The molecule has 0 radical (unpaired) electrons. The van der Waals surface area contributed by atoms with Crippen LogP contribution in [0.4, 0.5) is 10.1 Å². The smallest absolute Gasteiger partial charge is 0.227 e. The van der Waals surface area contributed by atoms with E-state index in [4.69, 9.17) is 9.26 Å². The normalized spacial score (nSPS) is 12.1. The number of nitrogens with zero attached hydrogens (tertiary/aromatic N) is 4. The molecule has 1 atom stereocenters. The first-order valence-corrected chi connectivity index (χ1v) is 9.37. The Morgan fingerprint density at radius 3 is 3.00 bits per heavy atom. The standard InChI is InChI=1S/C18H20FN5O3S/c1-11(26-3)17-22-16(27-23-17)7-6-15(25)21-13-10-12(19)4-5-14(13)28-18-20-8-9-24(18)2/h4-5,8-11H,6-7H2,1-3H3,(H,21,25)/t11-/m1/s1. The van der Waals surface area contributed by atoms with E-state index in [0.717, 1.165) is 5.16 Å². The van der Waals surface area contributed by atoms with Gasteiger partial charge in [-0.05, 0) is 36.9 Å². The quantitative estimate of drug-likeness (QED) is 0.614. The number of amides is 1. The van der Waals surface area contributed by atoms with Gasteiger partial charge in [-0.1, -0.05) is 5.16 Å². The number of imidazole rings is 1. The molecular formula is C18H20FN5O3S. The van der Waals surface area contributed by atoms with Crippen LogP contribution in [0.3, 0.4) is 0 Å². The molecule has 0 aliphatic carbocycles. The number of halogens is 1.